The van der Waals surface area contributed by atoms with Crippen LogP contribution in [0.4, 0.5) is 17.1 Å². The quantitative estimate of drug-likeness (QED) is 0.143. The maximum absolute atomic E-state index is 14.0. The molecule has 4 aliphatic rings. The van der Waals surface area contributed by atoms with E-state index in [1.54, 1.807) is 42.1 Å². The number of halogens is 1. The molecule has 2 N–H and O–H groups in total. The van der Waals surface area contributed by atoms with Gasteiger partial charge < -0.3 is 15.0 Å². The molecule has 3 aromatic carbocycles. The van der Waals surface area contributed by atoms with E-state index in [9.17, 15) is 29.3 Å². The third kappa shape index (κ3) is 4.95. The second-order valence-electron chi connectivity index (χ2n) is 12.2. The first-order chi connectivity index (χ1) is 22.7. The highest BCUT2D eigenvalue weighted by Gasteiger charge is 2.69. The van der Waals surface area contributed by atoms with Crippen LogP contribution in [0.1, 0.15) is 22.8 Å². The summed E-state index contributed by atoms with van der Waals surface area (Å²) < 4.78 is 5.89. The van der Waals surface area contributed by atoms with Gasteiger partial charge in [0.25, 0.3) is 11.6 Å². The lowest BCUT2D eigenvalue weighted by Crippen LogP contribution is -2.42. The van der Waals surface area contributed by atoms with Crippen LogP contribution in [0.3, 0.4) is 0 Å². The zero-order valence-electron chi connectivity index (χ0n) is 24.3. The summed E-state index contributed by atoms with van der Waals surface area (Å²) >= 11 is 8.68. The van der Waals surface area contributed by atoms with E-state index in [-0.39, 0.29) is 63.8 Å². The van der Waals surface area contributed by atoms with Crippen LogP contribution in [0.2, 0.25) is 5.02 Å². The first-order valence-electron chi connectivity index (χ1n) is 15.0. The average Bonchev–Trinajstić information content (AvgIpc) is 3.80. The Morgan fingerprint density at radius 1 is 1.02 bits per heavy atom. The normalized spacial score (nSPS) is 26.9. The van der Waals surface area contributed by atoms with Crippen molar-refractivity contribution in [1.82, 2.24) is 4.98 Å². The maximum atomic E-state index is 14.0. The molecule has 2 aliphatic heterocycles. The van der Waals surface area contributed by atoms with Crippen molar-refractivity contribution in [3.63, 3.8) is 0 Å². The maximum Gasteiger partial charge on any atom is 0.305 e. The fourth-order valence-electron chi connectivity index (χ4n) is 8.04. The third-order valence-corrected chi connectivity index (χ3v) is 12.6. The lowest BCUT2D eigenvalue weighted by Gasteiger charge is -2.43. The summed E-state index contributed by atoms with van der Waals surface area (Å²) in [6.45, 7) is -0.217. The molecule has 238 valence electrons. The van der Waals surface area contributed by atoms with Gasteiger partial charge in [0.15, 0.2) is 6.61 Å². The fraction of sp³-hybridized carbons (Fsp3) is 0.273. The number of rotatable bonds is 7. The molecule has 7 atom stereocenters. The number of thioether (sulfide) groups is 1. The molecule has 2 bridgehead atoms. The van der Waals surface area contributed by atoms with E-state index >= 15 is 0 Å². The van der Waals surface area contributed by atoms with E-state index in [1.807, 2.05) is 18.2 Å². The van der Waals surface area contributed by atoms with E-state index in [0.717, 1.165) is 33.2 Å². The van der Waals surface area contributed by atoms with Crippen molar-refractivity contribution in [3.05, 3.63) is 108 Å². The number of anilines is 2. The van der Waals surface area contributed by atoms with Gasteiger partial charge in [-0.25, -0.2) is 0 Å². The second-order valence-corrected chi connectivity index (χ2v) is 14.8. The van der Waals surface area contributed by atoms with E-state index < -0.39 is 16.8 Å². The molecule has 1 saturated heterocycles. The number of non-ortho nitro benzene ring substituents is 1. The van der Waals surface area contributed by atoms with Gasteiger partial charge in [-0.05, 0) is 78.3 Å². The highest BCUT2D eigenvalue weighted by Crippen LogP contribution is 2.68. The predicted octanol–water partition coefficient (Wildman–Crippen LogP) is 5.69. The Balaban J connectivity index is 1.08. The topological polar surface area (TPSA) is 152 Å². The number of hydrogen-bond acceptors (Lipinski definition) is 9. The second kappa shape index (κ2) is 11.4. The van der Waals surface area contributed by atoms with Gasteiger partial charge in [0.1, 0.15) is 5.75 Å². The minimum absolute atomic E-state index is 0.00714. The number of thiazole rings is 1. The summed E-state index contributed by atoms with van der Waals surface area (Å²) in [7, 11) is 0. The van der Waals surface area contributed by atoms with Gasteiger partial charge >= 0.3 is 4.87 Å². The van der Waals surface area contributed by atoms with Gasteiger partial charge in [-0.15, -0.1) is 11.8 Å². The Labute approximate surface area is 280 Å². The summed E-state index contributed by atoms with van der Waals surface area (Å²) in [6.07, 6.45) is 0.722. The lowest BCUT2D eigenvalue weighted by atomic mass is 9.68. The lowest BCUT2D eigenvalue weighted by molar-refractivity contribution is -0.384. The van der Waals surface area contributed by atoms with Crippen LogP contribution >= 0.6 is 34.7 Å². The number of imide groups is 1. The minimum Gasteiger partial charge on any atom is -0.484 e. The molecule has 14 heteroatoms. The van der Waals surface area contributed by atoms with Gasteiger partial charge in [0.2, 0.25) is 11.8 Å². The fourth-order valence-corrected chi connectivity index (χ4v) is 11.1. The molecule has 0 radical (unpaired) electrons. The number of ether oxygens (including phenoxy) is 1. The summed E-state index contributed by atoms with van der Waals surface area (Å²) in [5.41, 5.74) is 1.71. The third-order valence-electron chi connectivity index (χ3n) is 9.76. The molecule has 1 aromatic heterocycles. The van der Waals surface area contributed by atoms with Crippen molar-refractivity contribution < 1.29 is 24.0 Å². The van der Waals surface area contributed by atoms with E-state index in [2.05, 4.69) is 10.3 Å². The van der Waals surface area contributed by atoms with E-state index in [0.29, 0.717) is 22.1 Å². The van der Waals surface area contributed by atoms with Crippen molar-refractivity contribution in [1.29, 1.82) is 0 Å². The summed E-state index contributed by atoms with van der Waals surface area (Å²) in [6, 6.07) is 19.7. The van der Waals surface area contributed by atoms with E-state index in [1.165, 1.54) is 29.2 Å². The smallest absolute Gasteiger partial charge is 0.305 e. The van der Waals surface area contributed by atoms with Crippen molar-refractivity contribution in [2.24, 2.45) is 29.6 Å². The van der Waals surface area contributed by atoms with Gasteiger partial charge in [0.05, 0.1) is 27.5 Å². The molecular formula is C33H25ClN4O7S2. The van der Waals surface area contributed by atoms with Gasteiger partial charge in [0, 0.05) is 38.9 Å². The Bertz CT molecular complexity index is 2010. The monoisotopic (exact) mass is 688 g/mol. The summed E-state index contributed by atoms with van der Waals surface area (Å²) in [5.74, 6) is -1.82. The number of nitro groups is 1. The van der Waals surface area contributed by atoms with Crippen LogP contribution in [0.25, 0.3) is 0 Å². The first kappa shape index (κ1) is 29.9. The molecular weight excluding hydrogens is 664 g/mol. The van der Waals surface area contributed by atoms with Crippen LogP contribution in [0.5, 0.6) is 5.75 Å². The van der Waals surface area contributed by atoms with Crippen molar-refractivity contribution >= 4 is 69.5 Å². The predicted molar refractivity (Wildman–Crippen MR) is 176 cm³/mol. The molecule has 3 fully saturated rings. The Kier molecular flexibility index (Phi) is 7.23. The molecule has 3 heterocycles. The van der Waals surface area contributed by atoms with Crippen molar-refractivity contribution in [2.45, 2.75) is 22.6 Å². The zero-order chi connectivity index (χ0) is 32.6. The minimum atomic E-state index is -0.520. The molecule has 8 rings (SSSR count). The SMILES string of the molecule is O=C(COc1cccc([C@H]2c3sc(=O)[nH]c3SC3C4CC(C5C(=O)N(c6ccc([N+](=O)[O-])cc6)C(=O)C45)C32)c1)Nc1ccc(Cl)cc1. The summed E-state index contributed by atoms with van der Waals surface area (Å²) in [4.78, 5) is 68.6. The number of H-pyrrole nitrogens is 1. The number of nitrogens with one attached hydrogen (secondary N) is 2. The number of nitrogens with zero attached hydrogens (tertiary/aromatic N) is 2. The molecule has 4 aromatic rings. The highest BCUT2D eigenvalue weighted by molar-refractivity contribution is 8.00. The molecule has 2 aliphatic carbocycles. The largest absolute Gasteiger partial charge is 0.484 e. The van der Waals surface area contributed by atoms with Gasteiger partial charge in [-0.1, -0.05) is 35.1 Å². The molecule has 2 saturated carbocycles. The Hall–Kier alpha value is -4.46. The molecule has 47 heavy (non-hydrogen) atoms. The van der Waals surface area contributed by atoms with Crippen LogP contribution < -0.4 is 19.8 Å². The number of aromatic amines is 1. The number of benzene rings is 3. The van der Waals surface area contributed by atoms with Crippen LogP contribution in [-0.4, -0.2) is 39.5 Å². The standard InChI is InChI=1S/C33H25ClN4O7S2/c34-16-4-6-17(7-5-16)35-23(39)14-45-20-3-1-2-15(12-20)24-25-21-13-22(28(25)46-30-29(24)47-33(42)36-30)27-26(21)31(40)37(32(27)41)18-8-10-19(11-9-18)38(43)44/h1-12,21-22,24-28H,13-14H2,(H,35,39)(H,36,42)/t21?,22?,24-,25?,26?,27?,28?/m1/s1. The van der Waals surface area contributed by atoms with Crippen LogP contribution in [0.15, 0.2) is 82.6 Å². The summed E-state index contributed by atoms with van der Waals surface area (Å²) in [5, 5.41) is 15.3. The number of amides is 3. The average molecular weight is 689 g/mol. The van der Waals surface area contributed by atoms with Gasteiger partial charge in [-0.2, -0.15) is 0 Å². The van der Waals surface area contributed by atoms with Crippen LogP contribution in [-0.2, 0) is 14.4 Å². The van der Waals surface area contributed by atoms with Gasteiger partial charge in [-0.3, -0.25) is 34.2 Å². The molecule has 0 spiro atoms. The number of carbonyl (C=O) groups excluding carboxylic acids is 3. The molecule has 3 amide bonds. The number of nitro benzene ring substituents is 1. The first-order valence-corrected chi connectivity index (χ1v) is 17.1. The van der Waals surface area contributed by atoms with Crippen molar-refractivity contribution in [2.75, 3.05) is 16.8 Å². The number of carbonyl (C=O) groups is 3. The number of aromatic nitrogens is 1. The van der Waals surface area contributed by atoms with Crippen molar-refractivity contribution in [3.8, 4) is 5.75 Å². The molecule has 11 nitrogen and oxygen atoms in total. The number of hydrogen-bond donors (Lipinski definition) is 2. The molecule has 6 unspecified atom stereocenters. The number of fused-ring (bicyclic) bond motifs is 9. The van der Waals surface area contributed by atoms with Crippen LogP contribution in [0, 0.1) is 39.7 Å². The highest BCUT2D eigenvalue weighted by atomic mass is 35.5. The zero-order valence-corrected chi connectivity index (χ0v) is 26.7. The van der Waals surface area contributed by atoms with E-state index in [4.69, 9.17) is 16.3 Å². The Morgan fingerprint density at radius 2 is 1.74 bits per heavy atom. The Morgan fingerprint density at radius 3 is 2.47 bits per heavy atom.